The molecule has 142 valence electrons. The summed E-state index contributed by atoms with van der Waals surface area (Å²) in [6.07, 6.45) is 4.23. The van der Waals surface area contributed by atoms with Gasteiger partial charge in [-0.15, -0.1) is 0 Å². The number of hydrogen-bond acceptors (Lipinski definition) is 4. The van der Waals surface area contributed by atoms with Crippen molar-refractivity contribution in [1.82, 2.24) is 4.98 Å². The molecule has 3 aromatic rings. The van der Waals surface area contributed by atoms with Crippen molar-refractivity contribution in [3.63, 3.8) is 0 Å². The highest BCUT2D eigenvalue weighted by molar-refractivity contribution is 9.09. The van der Waals surface area contributed by atoms with Gasteiger partial charge in [-0.1, -0.05) is 22.4 Å². The lowest BCUT2D eigenvalue weighted by molar-refractivity contribution is 0.414. The first-order valence-corrected chi connectivity index (χ1v) is 10.2. The van der Waals surface area contributed by atoms with Crippen molar-refractivity contribution < 1.29 is 13.9 Å². The highest BCUT2D eigenvalue weighted by Crippen LogP contribution is 2.34. The summed E-state index contributed by atoms with van der Waals surface area (Å²) < 4.78 is 16.7. The minimum atomic E-state index is 0.779. The van der Waals surface area contributed by atoms with Crippen molar-refractivity contribution in [3.05, 3.63) is 54.4 Å². The van der Waals surface area contributed by atoms with E-state index in [2.05, 4.69) is 15.9 Å². The predicted molar refractivity (Wildman–Crippen MR) is 112 cm³/mol. The minimum Gasteiger partial charge on any atom is -0.497 e. The van der Waals surface area contributed by atoms with Crippen molar-refractivity contribution in [1.29, 1.82) is 0 Å². The maximum atomic E-state index is 6.17. The van der Waals surface area contributed by atoms with Gasteiger partial charge >= 0.3 is 0 Å². The fourth-order valence-electron chi connectivity index (χ4n) is 2.90. The Kier molecular flexibility index (Phi) is 6.93. The standard InChI is InChI=1S/C22H24BrNO3/c1-25-18-11-7-16(8-12-18)21-22(17-9-13-19(26-2)14-10-17)27-20(24-21)6-4-3-5-15-23/h7-14H,3-6,15H2,1-2H3. The molecule has 5 heteroatoms. The molecule has 0 N–H and O–H groups in total. The van der Waals surface area contributed by atoms with Gasteiger partial charge < -0.3 is 13.9 Å². The average molecular weight is 430 g/mol. The SMILES string of the molecule is COc1ccc(-c2nc(CCCCCBr)oc2-c2ccc(OC)cc2)cc1. The van der Waals surface area contributed by atoms with E-state index in [0.29, 0.717) is 0 Å². The Bertz CT molecular complexity index is 776. The number of methoxy groups -OCH3 is 2. The number of halogens is 1. The van der Waals surface area contributed by atoms with E-state index in [0.717, 1.165) is 71.0 Å². The van der Waals surface area contributed by atoms with Gasteiger partial charge in [0.25, 0.3) is 0 Å². The molecule has 2 aromatic carbocycles. The fraction of sp³-hybridized carbons (Fsp3) is 0.318. The van der Waals surface area contributed by atoms with E-state index in [4.69, 9.17) is 18.9 Å². The maximum Gasteiger partial charge on any atom is 0.195 e. The lowest BCUT2D eigenvalue weighted by Crippen LogP contribution is -1.88. The highest BCUT2D eigenvalue weighted by Gasteiger charge is 2.17. The number of alkyl halides is 1. The van der Waals surface area contributed by atoms with Crippen LogP contribution in [0.5, 0.6) is 11.5 Å². The molecule has 0 unspecified atom stereocenters. The van der Waals surface area contributed by atoms with Gasteiger partial charge in [-0.05, 0) is 61.4 Å². The van der Waals surface area contributed by atoms with Crippen molar-refractivity contribution in [2.75, 3.05) is 19.5 Å². The lowest BCUT2D eigenvalue weighted by atomic mass is 10.1. The largest absolute Gasteiger partial charge is 0.497 e. The normalized spacial score (nSPS) is 10.8. The summed E-state index contributed by atoms with van der Waals surface area (Å²) in [6, 6.07) is 15.8. The number of nitrogens with zero attached hydrogens (tertiary/aromatic N) is 1. The van der Waals surface area contributed by atoms with Crippen LogP contribution in [-0.4, -0.2) is 24.5 Å². The monoisotopic (exact) mass is 429 g/mol. The average Bonchev–Trinajstić information content (AvgIpc) is 3.15. The van der Waals surface area contributed by atoms with E-state index >= 15 is 0 Å². The van der Waals surface area contributed by atoms with Crippen LogP contribution >= 0.6 is 15.9 Å². The zero-order valence-electron chi connectivity index (χ0n) is 15.7. The van der Waals surface area contributed by atoms with Crippen molar-refractivity contribution in [3.8, 4) is 34.1 Å². The topological polar surface area (TPSA) is 44.5 Å². The van der Waals surface area contributed by atoms with Crippen molar-refractivity contribution in [2.45, 2.75) is 25.7 Å². The number of hydrogen-bond donors (Lipinski definition) is 0. The van der Waals surface area contributed by atoms with Crippen LogP contribution in [0, 0.1) is 0 Å². The summed E-state index contributed by atoms with van der Waals surface area (Å²) in [5.74, 6) is 3.21. The second-order valence-electron chi connectivity index (χ2n) is 6.24. The van der Waals surface area contributed by atoms with Crippen LogP contribution in [-0.2, 0) is 6.42 Å². The molecule has 0 bridgehead atoms. The quantitative estimate of drug-likeness (QED) is 0.303. The summed E-state index contributed by atoms with van der Waals surface area (Å²) in [5.41, 5.74) is 2.86. The first-order chi connectivity index (χ1) is 13.2. The Morgan fingerprint density at radius 3 is 1.96 bits per heavy atom. The van der Waals surface area contributed by atoms with Crippen molar-refractivity contribution in [2.24, 2.45) is 0 Å². The smallest absolute Gasteiger partial charge is 0.195 e. The highest BCUT2D eigenvalue weighted by atomic mass is 79.9. The molecular formula is C22H24BrNO3. The van der Waals surface area contributed by atoms with Gasteiger partial charge in [-0.2, -0.15) is 0 Å². The Morgan fingerprint density at radius 1 is 0.815 bits per heavy atom. The van der Waals surface area contributed by atoms with Gasteiger partial charge in [0, 0.05) is 22.9 Å². The summed E-state index contributed by atoms with van der Waals surface area (Å²) in [7, 11) is 3.33. The Morgan fingerprint density at radius 2 is 1.41 bits per heavy atom. The lowest BCUT2D eigenvalue weighted by Gasteiger charge is -2.04. The third-order valence-corrected chi connectivity index (χ3v) is 4.97. The molecule has 0 aliphatic heterocycles. The van der Waals surface area contributed by atoms with E-state index in [1.165, 1.54) is 0 Å². The first kappa shape index (κ1) is 19.5. The molecule has 0 spiro atoms. The molecule has 3 rings (SSSR count). The fourth-order valence-corrected chi connectivity index (χ4v) is 3.30. The van der Waals surface area contributed by atoms with Gasteiger partial charge in [0.2, 0.25) is 0 Å². The molecular weight excluding hydrogens is 406 g/mol. The Hall–Kier alpha value is -2.27. The molecule has 27 heavy (non-hydrogen) atoms. The Labute approximate surface area is 168 Å². The number of benzene rings is 2. The molecule has 1 heterocycles. The summed E-state index contributed by atoms with van der Waals surface area (Å²) in [5, 5.41) is 1.03. The molecule has 0 atom stereocenters. The predicted octanol–water partition coefficient (Wildman–Crippen LogP) is 6.13. The zero-order chi connectivity index (χ0) is 19.1. The van der Waals surface area contributed by atoms with Crippen molar-refractivity contribution >= 4 is 15.9 Å². The van der Waals surface area contributed by atoms with E-state index in [-0.39, 0.29) is 0 Å². The van der Waals surface area contributed by atoms with Crippen LogP contribution in [0.15, 0.2) is 52.9 Å². The third kappa shape index (κ3) is 4.92. The van der Waals surface area contributed by atoms with Crippen LogP contribution in [0.4, 0.5) is 0 Å². The number of aryl methyl sites for hydroxylation is 1. The van der Waals surface area contributed by atoms with Crippen LogP contribution < -0.4 is 9.47 Å². The number of unbranched alkanes of at least 4 members (excludes halogenated alkanes) is 2. The van der Waals surface area contributed by atoms with Gasteiger partial charge in [-0.3, -0.25) is 0 Å². The first-order valence-electron chi connectivity index (χ1n) is 9.09. The van der Waals surface area contributed by atoms with E-state index < -0.39 is 0 Å². The summed E-state index contributed by atoms with van der Waals surface area (Å²) >= 11 is 3.48. The molecule has 4 nitrogen and oxygen atoms in total. The van der Waals surface area contributed by atoms with E-state index in [1.807, 2.05) is 48.5 Å². The molecule has 0 radical (unpaired) electrons. The van der Waals surface area contributed by atoms with Gasteiger partial charge in [-0.25, -0.2) is 4.98 Å². The second-order valence-corrected chi connectivity index (χ2v) is 7.03. The van der Waals surface area contributed by atoms with Crippen LogP contribution in [0.1, 0.15) is 25.2 Å². The molecule has 0 saturated heterocycles. The van der Waals surface area contributed by atoms with E-state index in [9.17, 15) is 0 Å². The van der Waals surface area contributed by atoms with Crippen LogP contribution in [0.25, 0.3) is 22.6 Å². The number of aromatic nitrogens is 1. The van der Waals surface area contributed by atoms with Gasteiger partial charge in [0.1, 0.15) is 17.2 Å². The minimum absolute atomic E-state index is 0.779. The van der Waals surface area contributed by atoms with Gasteiger partial charge in [0.15, 0.2) is 11.7 Å². The second kappa shape index (κ2) is 9.60. The molecule has 0 saturated carbocycles. The van der Waals surface area contributed by atoms with E-state index in [1.54, 1.807) is 14.2 Å². The Balaban J connectivity index is 1.93. The molecule has 0 aliphatic carbocycles. The number of rotatable bonds is 9. The molecule has 0 fully saturated rings. The summed E-state index contributed by atoms with van der Waals surface area (Å²) in [4.78, 5) is 4.80. The zero-order valence-corrected chi connectivity index (χ0v) is 17.3. The number of oxazole rings is 1. The van der Waals surface area contributed by atoms with Gasteiger partial charge in [0.05, 0.1) is 14.2 Å². The molecule has 0 aliphatic rings. The maximum absolute atomic E-state index is 6.17. The third-order valence-electron chi connectivity index (χ3n) is 4.41. The van der Waals surface area contributed by atoms with Crippen LogP contribution in [0.2, 0.25) is 0 Å². The molecule has 1 aromatic heterocycles. The summed E-state index contributed by atoms with van der Waals surface area (Å²) in [6.45, 7) is 0. The van der Waals surface area contributed by atoms with Crippen LogP contribution in [0.3, 0.4) is 0 Å². The molecule has 0 amide bonds. The number of ether oxygens (including phenoxy) is 2.